The molecule has 0 atom stereocenters. The maximum absolute atomic E-state index is 4.30. The fraction of sp³-hybridized carbons (Fsp3) is 0.667. The molecule has 0 aromatic carbocycles. The second kappa shape index (κ2) is 3.27. The van der Waals surface area contributed by atoms with E-state index in [9.17, 15) is 0 Å². The van der Waals surface area contributed by atoms with Crippen molar-refractivity contribution in [1.29, 1.82) is 0 Å². The van der Waals surface area contributed by atoms with Crippen LogP contribution in [0, 0.1) is 6.92 Å². The minimum atomic E-state index is 0.807. The third-order valence-corrected chi connectivity index (χ3v) is 2.13. The van der Waals surface area contributed by atoms with E-state index >= 15 is 0 Å². The molecule has 2 rings (SSSR count). The van der Waals surface area contributed by atoms with Crippen LogP contribution in [0.3, 0.4) is 0 Å². The third-order valence-electron chi connectivity index (χ3n) is 2.13. The van der Waals surface area contributed by atoms with Crippen molar-refractivity contribution in [3.63, 3.8) is 0 Å². The van der Waals surface area contributed by atoms with Crippen LogP contribution in [0.5, 0.6) is 0 Å². The monoisotopic (exact) mass is 165 g/mol. The first-order valence-electron chi connectivity index (χ1n) is 4.58. The van der Waals surface area contributed by atoms with Gasteiger partial charge in [-0.2, -0.15) is 5.10 Å². The van der Waals surface area contributed by atoms with Gasteiger partial charge in [0.1, 0.15) is 0 Å². The summed E-state index contributed by atoms with van der Waals surface area (Å²) in [6.07, 6.45) is 4.75. The molecule has 0 spiro atoms. The van der Waals surface area contributed by atoms with Gasteiger partial charge < -0.3 is 5.32 Å². The van der Waals surface area contributed by atoms with E-state index in [4.69, 9.17) is 0 Å². The van der Waals surface area contributed by atoms with Gasteiger partial charge >= 0.3 is 0 Å². The molecule has 1 fully saturated rings. The summed E-state index contributed by atoms with van der Waals surface area (Å²) in [6.45, 7) is 4.06. The van der Waals surface area contributed by atoms with Crippen LogP contribution >= 0.6 is 0 Å². The van der Waals surface area contributed by atoms with Gasteiger partial charge in [-0.3, -0.25) is 4.68 Å². The predicted octanol–water partition coefficient (Wildman–Crippen LogP) is 0.944. The molecule has 0 unspecified atom stereocenters. The molecular formula is C9H15N3. The standard InChI is InChI=1S/C9H15N3/c1-8-4-6-12(11-8)7-5-10-9-2-3-9/h4,6,9-10H,2-3,5,7H2,1H3. The van der Waals surface area contributed by atoms with Crippen molar-refractivity contribution in [1.82, 2.24) is 15.1 Å². The normalized spacial score (nSPS) is 16.8. The molecule has 0 amide bonds. The molecule has 0 radical (unpaired) electrons. The first kappa shape index (κ1) is 7.80. The summed E-state index contributed by atoms with van der Waals surface area (Å²) in [5.74, 6) is 0. The van der Waals surface area contributed by atoms with E-state index in [1.807, 2.05) is 23.9 Å². The lowest BCUT2D eigenvalue weighted by atomic mass is 10.5. The van der Waals surface area contributed by atoms with Gasteiger partial charge in [-0.25, -0.2) is 0 Å². The Balaban J connectivity index is 1.71. The molecule has 0 aliphatic heterocycles. The minimum absolute atomic E-state index is 0.807. The second-order valence-corrected chi connectivity index (χ2v) is 3.45. The summed E-state index contributed by atoms with van der Waals surface area (Å²) in [5, 5.41) is 7.76. The lowest BCUT2D eigenvalue weighted by Gasteiger charge is -2.01. The van der Waals surface area contributed by atoms with Gasteiger partial charge in [0.2, 0.25) is 0 Å². The smallest absolute Gasteiger partial charge is 0.0593 e. The van der Waals surface area contributed by atoms with Gasteiger partial charge in [0.25, 0.3) is 0 Å². The molecule has 66 valence electrons. The Kier molecular flexibility index (Phi) is 2.13. The van der Waals surface area contributed by atoms with Crippen molar-refractivity contribution in [2.24, 2.45) is 0 Å². The molecule has 1 aromatic rings. The number of aromatic nitrogens is 2. The third kappa shape index (κ3) is 2.08. The summed E-state index contributed by atoms with van der Waals surface area (Å²) in [5.41, 5.74) is 1.10. The lowest BCUT2D eigenvalue weighted by Crippen LogP contribution is -2.21. The van der Waals surface area contributed by atoms with Gasteiger partial charge in [-0.15, -0.1) is 0 Å². The molecule has 1 N–H and O–H groups in total. The molecule has 1 saturated carbocycles. The summed E-state index contributed by atoms with van der Waals surface area (Å²) in [6, 6.07) is 2.85. The highest BCUT2D eigenvalue weighted by atomic mass is 15.3. The van der Waals surface area contributed by atoms with Gasteiger partial charge in [0, 0.05) is 18.8 Å². The van der Waals surface area contributed by atoms with Gasteiger partial charge in [-0.05, 0) is 25.8 Å². The Morgan fingerprint density at radius 3 is 3.08 bits per heavy atom. The molecule has 1 aromatic heterocycles. The molecule has 1 aliphatic carbocycles. The van der Waals surface area contributed by atoms with E-state index in [2.05, 4.69) is 10.4 Å². The number of nitrogens with one attached hydrogen (secondary N) is 1. The summed E-state index contributed by atoms with van der Waals surface area (Å²) >= 11 is 0. The molecule has 3 nitrogen and oxygen atoms in total. The van der Waals surface area contributed by atoms with Crippen LogP contribution in [-0.4, -0.2) is 22.4 Å². The van der Waals surface area contributed by atoms with E-state index in [1.54, 1.807) is 0 Å². The Morgan fingerprint density at radius 2 is 2.50 bits per heavy atom. The largest absolute Gasteiger partial charge is 0.312 e. The Morgan fingerprint density at radius 1 is 1.67 bits per heavy atom. The first-order chi connectivity index (χ1) is 5.84. The molecule has 0 bridgehead atoms. The van der Waals surface area contributed by atoms with Crippen molar-refractivity contribution >= 4 is 0 Å². The predicted molar refractivity (Wildman–Crippen MR) is 48.0 cm³/mol. The molecule has 3 heteroatoms. The highest BCUT2D eigenvalue weighted by molar-refractivity contribution is 4.94. The Labute approximate surface area is 72.8 Å². The Hall–Kier alpha value is -0.830. The number of aryl methyl sites for hydroxylation is 1. The second-order valence-electron chi connectivity index (χ2n) is 3.45. The first-order valence-corrected chi connectivity index (χ1v) is 4.58. The number of hydrogen-bond donors (Lipinski definition) is 1. The van der Waals surface area contributed by atoms with E-state index in [0.29, 0.717) is 0 Å². The van der Waals surface area contributed by atoms with Gasteiger partial charge in [0.05, 0.1) is 12.2 Å². The van der Waals surface area contributed by atoms with E-state index in [-0.39, 0.29) is 0 Å². The molecule has 1 aliphatic rings. The van der Waals surface area contributed by atoms with Crippen molar-refractivity contribution in [2.75, 3.05) is 6.54 Å². The van der Waals surface area contributed by atoms with E-state index < -0.39 is 0 Å². The number of hydrogen-bond acceptors (Lipinski definition) is 2. The topological polar surface area (TPSA) is 29.9 Å². The fourth-order valence-corrected chi connectivity index (χ4v) is 1.26. The van der Waals surface area contributed by atoms with Crippen LogP contribution in [0.1, 0.15) is 18.5 Å². The Bertz CT molecular complexity index is 250. The highest BCUT2D eigenvalue weighted by Crippen LogP contribution is 2.17. The van der Waals surface area contributed by atoms with Crippen molar-refractivity contribution < 1.29 is 0 Å². The number of rotatable bonds is 4. The summed E-state index contributed by atoms with van der Waals surface area (Å²) in [7, 11) is 0. The zero-order chi connectivity index (χ0) is 8.39. The minimum Gasteiger partial charge on any atom is -0.312 e. The van der Waals surface area contributed by atoms with Crippen LogP contribution in [0.25, 0.3) is 0 Å². The maximum Gasteiger partial charge on any atom is 0.0593 e. The van der Waals surface area contributed by atoms with Crippen LogP contribution in [-0.2, 0) is 6.54 Å². The van der Waals surface area contributed by atoms with E-state index in [1.165, 1.54) is 12.8 Å². The van der Waals surface area contributed by atoms with Crippen LogP contribution < -0.4 is 5.32 Å². The molecule has 1 heterocycles. The number of nitrogens with zero attached hydrogens (tertiary/aromatic N) is 2. The van der Waals surface area contributed by atoms with Crippen molar-refractivity contribution in [3.05, 3.63) is 18.0 Å². The van der Waals surface area contributed by atoms with E-state index in [0.717, 1.165) is 24.8 Å². The van der Waals surface area contributed by atoms with Crippen molar-refractivity contribution in [2.45, 2.75) is 32.4 Å². The highest BCUT2D eigenvalue weighted by Gasteiger charge is 2.19. The summed E-state index contributed by atoms with van der Waals surface area (Å²) < 4.78 is 1.99. The van der Waals surface area contributed by atoms with Crippen LogP contribution in [0.4, 0.5) is 0 Å². The fourth-order valence-electron chi connectivity index (χ4n) is 1.26. The summed E-state index contributed by atoms with van der Waals surface area (Å²) in [4.78, 5) is 0. The van der Waals surface area contributed by atoms with Crippen LogP contribution in [0.15, 0.2) is 12.3 Å². The zero-order valence-corrected chi connectivity index (χ0v) is 7.45. The maximum atomic E-state index is 4.30. The molecule has 0 saturated heterocycles. The molecular weight excluding hydrogens is 150 g/mol. The van der Waals surface area contributed by atoms with Crippen LogP contribution in [0.2, 0.25) is 0 Å². The van der Waals surface area contributed by atoms with Gasteiger partial charge in [-0.1, -0.05) is 0 Å². The zero-order valence-electron chi connectivity index (χ0n) is 7.45. The quantitative estimate of drug-likeness (QED) is 0.719. The van der Waals surface area contributed by atoms with Gasteiger partial charge in [0.15, 0.2) is 0 Å². The van der Waals surface area contributed by atoms with Crippen molar-refractivity contribution in [3.8, 4) is 0 Å². The SMILES string of the molecule is Cc1ccn(CCNC2CC2)n1. The average molecular weight is 165 g/mol. The lowest BCUT2D eigenvalue weighted by molar-refractivity contribution is 0.550. The molecule has 12 heavy (non-hydrogen) atoms. The average Bonchev–Trinajstić information content (AvgIpc) is 2.76.